The molecule has 0 aliphatic heterocycles. The van der Waals surface area contributed by atoms with Gasteiger partial charge in [0, 0.05) is 18.3 Å². The van der Waals surface area contributed by atoms with Crippen LogP contribution < -0.4 is 16.2 Å². The van der Waals surface area contributed by atoms with Gasteiger partial charge in [-0.05, 0) is 25.3 Å². The van der Waals surface area contributed by atoms with Crippen molar-refractivity contribution >= 4 is 5.91 Å². The summed E-state index contributed by atoms with van der Waals surface area (Å²) in [6.45, 7) is 0. The van der Waals surface area contributed by atoms with E-state index in [1.807, 2.05) is 0 Å². The zero-order valence-electron chi connectivity index (χ0n) is 10.3. The first-order chi connectivity index (χ1) is 8.66. The Labute approximate surface area is 107 Å². The van der Waals surface area contributed by atoms with E-state index in [1.54, 1.807) is 12.1 Å². The van der Waals surface area contributed by atoms with Gasteiger partial charge in [-0.15, -0.1) is 0 Å². The molecule has 4 N–H and O–H groups in total. The molecule has 5 heteroatoms. The third kappa shape index (κ3) is 3.20. The van der Waals surface area contributed by atoms with Gasteiger partial charge in [-0.1, -0.05) is 12.8 Å². The number of nitrogens with two attached hydrogens (primary N) is 2. The van der Waals surface area contributed by atoms with E-state index < -0.39 is 5.91 Å². The van der Waals surface area contributed by atoms with Gasteiger partial charge < -0.3 is 16.2 Å². The average molecular weight is 249 g/mol. The Bertz CT molecular complexity index is 405. The summed E-state index contributed by atoms with van der Waals surface area (Å²) in [4.78, 5) is 15.0. The largest absolute Gasteiger partial charge is 0.473 e. The summed E-state index contributed by atoms with van der Waals surface area (Å²) < 4.78 is 5.79. The van der Waals surface area contributed by atoms with Crippen molar-refractivity contribution in [1.29, 1.82) is 0 Å². The third-order valence-electron chi connectivity index (χ3n) is 3.30. The van der Waals surface area contributed by atoms with E-state index in [2.05, 4.69) is 4.98 Å². The van der Waals surface area contributed by atoms with Gasteiger partial charge in [0.25, 0.3) is 0 Å². The number of hydrogen-bond donors (Lipinski definition) is 2. The summed E-state index contributed by atoms with van der Waals surface area (Å²) in [5.74, 6) is 0.0163. The molecular weight excluding hydrogens is 230 g/mol. The van der Waals surface area contributed by atoms with Crippen LogP contribution in [0.25, 0.3) is 0 Å². The van der Waals surface area contributed by atoms with Gasteiger partial charge in [0.1, 0.15) is 6.10 Å². The molecule has 5 nitrogen and oxygen atoms in total. The molecule has 0 bridgehead atoms. The number of carbonyl (C=O) groups is 1. The molecule has 0 spiro atoms. The van der Waals surface area contributed by atoms with Crippen molar-refractivity contribution in [2.45, 2.75) is 44.2 Å². The highest BCUT2D eigenvalue weighted by Gasteiger charge is 2.22. The van der Waals surface area contributed by atoms with Crippen LogP contribution in [0.3, 0.4) is 0 Å². The second-order valence-electron chi connectivity index (χ2n) is 4.71. The molecule has 1 saturated carbocycles. The lowest BCUT2D eigenvalue weighted by atomic mass is 10.1. The summed E-state index contributed by atoms with van der Waals surface area (Å²) >= 11 is 0. The van der Waals surface area contributed by atoms with Crippen LogP contribution in [0, 0.1) is 0 Å². The third-order valence-corrected chi connectivity index (χ3v) is 3.30. The van der Waals surface area contributed by atoms with Crippen molar-refractivity contribution in [3.05, 3.63) is 23.9 Å². The van der Waals surface area contributed by atoms with E-state index in [1.165, 1.54) is 12.6 Å². The van der Waals surface area contributed by atoms with E-state index in [0.717, 1.165) is 25.7 Å². The highest BCUT2D eigenvalue weighted by Crippen LogP contribution is 2.21. The number of primary amides is 1. The Balaban J connectivity index is 2.01. The monoisotopic (exact) mass is 249 g/mol. The fraction of sp³-hybridized carbons (Fsp3) is 0.538. The molecule has 0 radical (unpaired) electrons. The van der Waals surface area contributed by atoms with Gasteiger partial charge in [0.05, 0.1) is 5.56 Å². The lowest BCUT2D eigenvalue weighted by Crippen LogP contribution is -2.38. The first-order valence-corrected chi connectivity index (χ1v) is 6.35. The Morgan fingerprint density at radius 3 is 2.72 bits per heavy atom. The highest BCUT2D eigenvalue weighted by atomic mass is 16.5. The maximum atomic E-state index is 10.9. The zero-order chi connectivity index (χ0) is 13.0. The minimum Gasteiger partial charge on any atom is -0.473 e. The lowest BCUT2D eigenvalue weighted by molar-refractivity contribution is 0.0999. The van der Waals surface area contributed by atoms with Gasteiger partial charge in [-0.3, -0.25) is 4.79 Å². The molecule has 1 aromatic rings. The summed E-state index contributed by atoms with van der Waals surface area (Å²) in [7, 11) is 0. The van der Waals surface area contributed by atoms with E-state index >= 15 is 0 Å². The molecule has 2 atom stereocenters. The molecule has 2 unspecified atom stereocenters. The van der Waals surface area contributed by atoms with Crippen LogP contribution in [-0.2, 0) is 0 Å². The molecular formula is C13H19N3O2. The fourth-order valence-electron chi connectivity index (χ4n) is 2.20. The number of rotatable bonds is 3. The molecule has 2 rings (SSSR count). The quantitative estimate of drug-likeness (QED) is 0.788. The summed E-state index contributed by atoms with van der Waals surface area (Å²) in [5.41, 5.74) is 11.6. The average Bonchev–Trinajstić information content (AvgIpc) is 2.56. The summed E-state index contributed by atoms with van der Waals surface area (Å²) in [6, 6.07) is 3.34. The van der Waals surface area contributed by atoms with Crippen LogP contribution >= 0.6 is 0 Å². The molecule has 1 heterocycles. The minimum absolute atomic E-state index is 0.0134. The topological polar surface area (TPSA) is 91.2 Å². The van der Waals surface area contributed by atoms with E-state index in [4.69, 9.17) is 16.2 Å². The van der Waals surface area contributed by atoms with Crippen molar-refractivity contribution in [3.8, 4) is 5.88 Å². The van der Waals surface area contributed by atoms with Gasteiger partial charge in [-0.25, -0.2) is 4.98 Å². The first kappa shape index (κ1) is 12.8. The normalized spacial score (nSPS) is 24.3. The van der Waals surface area contributed by atoms with Crippen molar-refractivity contribution in [2.24, 2.45) is 11.5 Å². The molecule has 18 heavy (non-hydrogen) atoms. The first-order valence-electron chi connectivity index (χ1n) is 6.35. The van der Waals surface area contributed by atoms with Gasteiger partial charge in [0.15, 0.2) is 0 Å². The summed E-state index contributed by atoms with van der Waals surface area (Å²) in [5, 5.41) is 0. The second-order valence-corrected chi connectivity index (χ2v) is 4.71. The van der Waals surface area contributed by atoms with Gasteiger partial charge >= 0.3 is 0 Å². The molecule has 1 aliphatic carbocycles. The van der Waals surface area contributed by atoms with Crippen LogP contribution in [-0.4, -0.2) is 23.0 Å². The van der Waals surface area contributed by atoms with Crippen molar-refractivity contribution in [2.75, 3.05) is 0 Å². The molecule has 0 aromatic carbocycles. The van der Waals surface area contributed by atoms with E-state index in [-0.39, 0.29) is 12.1 Å². The molecule has 1 fully saturated rings. The molecule has 98 valence electrons. The predicted octanol–water partition coefficient (Wildman–Crippen LogP) is 1.22. The number of amides is 1. The number of hydrogen-bond acceptors (Lipinski definition) is 4. The fourth-order valence-corrected chi connectivity index (χ4v) is 2.20. The van der Waals surface area contributed by atoms with Crippen LogP contribution in [0.15, 0.2) is 18.3 Å². The number of ether oxygens (including phenoxy) is 1. The van der Waals surface area contributed by atoms with Crippen LogP contribution in [0.1, 0.15) is 42.5 Å². The van der Waals surface area contributed by atoms with Gasteiger partial charge in [0.2, 0.25) is 11.8 Å². The van der Waals surface area contributed by atoms with Gasteiger partial charge in [-0.2, -0.15) is 0 Å². The minimum atomic E-state index is -0.486. The SMILES string of the molecule is NC(=O)c1ccc(OC2CCCCCC2N)nc1. The maximum Gasteiger partial charge on any atom is 0.250 e. The molecule has 1 aliphatic rings. The van der Waals surface area contributed by atoms with E-state index in [0.29, 0.717) is 11.4 Å². The molecule has 1 aromatic heterocycles. The maximum absolute atomic E-state index is 10.9. The summed E-state index contributed by atoms with van der Waals surface area (Å²) in [6.07, 6.45) is 6.90. The number of carbonyl (C=O) groups excluding carboxylic acids is 1. The Hall–Kier alpha value is -1.62. The van der Waals surface area contributed by atoms with Crippen LogP contribution in [0.5, 0.6) is 5.88 Å². The smallest absolute Gasteiger partial charge is 0.250 e. The predicted molar refractivity (Wildman–Crippen MR) is 68.2 cm³/mol. The standard InChI is InChI=1S/C13H19N3O2/c14-10-4-2-1-3-5-11(10)18-12-7-6-9(8-16-12)13(15)17/h6-8,10-11H,1-5,14H2,(H2,15,17). The van der Waals surface area contributed by atoms with Crippen molar-refractivity contribution in [1.82, 2.24) is 4.98 Å². The van der Waals surface area contributed by atoms with E-state index in [9.17, 15) is 4.79 Å². The molecule has 0 saturated heterocycles. The molecule has 1 amide bonds. The Kier molecular flexibility index (Phi) is 4.15. The Morgan fingerprint density at radius 1 is 1.28 bits per heavy atom. The number of aromatic nitrogens is 1. The lowest BCUT2D eigenvalue weighted by Gasteiger charge is -2.22. The number of nitrogens with zero attached hydrogens (tertiary/aromatic N) is 1. The second kappa shape index (κ2) is 5.82. The zero-order valence-corrected chi connectivity index (χ0v) is 10.3. The Morgan fingerprint density at radius 2 is 2.06 bits per heavy atom. The van der Waals surface area contributed by atoms with Crippen molar-refractivity contribution in [3.63, 3.8) is 0 Å². The highest BCUT2D eigenvalue weighted by molar-refractivity contribution is 5.92. The van der Waals surface area contributed by atoms with Crippen LogP contribution in [0.4, 0.5) is 0 Å². The number of pyridine rings is 1. The van der Waals surface area contributed by atoms with Crippen molar-refractivity contribution < 1.29 is 9.53 Å². The van der Waals surface area contributed by atoms with Crippen LogP contribution in [0.2, 0.25) is 0 Å².